The number of fused-ring (bicyclic) bond motifs is 3. The highest BCUT2D eigenvalue weighted by Gasteiger charge is 2.21. The third kappa shape index (κ3) is 3.06. The number of carboxylic acids is 1. The number of aliphatic carboxylic acids is 1. The van der Waals surface area contributed by atoms with Crippen molar-refractivity contribution < 1.29 is 9.90 Å². The molecule has 0 unspecified atom stereocenters. The molecule has 2 nitrogen and oxygen atoms in total. The fourth-order valence-electron chi connectivity index (χ4n) is 3.69. The predicted octanol–water partition coefficient (Wildman–Crippen LogP) is 5.13. The average molecular weight is 349 g/mol. The molecular weight excluding hydrogens is 332 g/mol. The monoisotopic (exact) mass is 348 g/mol. The van der Waals surface area contributed by atoms with Crippen molar-refractivity contribution in [2.45, 2.75) is 19.3 Å². The smallest absolute Gasteiger partial charge is 0.307 e. The van der Waals surface area contributed by atoms with Crippen LogP contribution < -0.4 is 0 Å². The van der Waals surface area contributed by atoms with Gasteiger partial charge in [0.25, 0.3) is 0 Å². The highest BCUT2D eigenvalue weighted by atomic mass is 35.5. The van der Waals surface area contributed by atoms with Crippen LogP contribution in [0.3, 0.4) is 0 Å². The first-order valence-corrected chi connectivity index (χ1v) is 8.68. The summed E-state index contributed by atoms with van der Waals surface area (Å²) < 4.78 is 0. The quantitative estimate of drug-likeness (QED) is 0.555. The number of rotatable bonds is 4. The minimum absolute atomic E-state index is 0.00879. The molecule has 3 aromatic carbocycles. The Morgan fingerprint density at radius 3 is 2.56 bits per heavy atom. The average Bonchev–Trinajstić information content (AvgIpc) is 2.96. The van der Waals surface area contributed by atoms with E-state index in [2.05, 4.69) is 42.5 Å². The molecular formula is C22H17ClO2. The Morgan fingerprint density at radius 2 is 1.72 bits per heavy atom. The highest BCUT2D eigenvalue weighted by Crippen LogP contribution is 2.38. The molecule has 1 aliphatic rings. The molecule has 124 valence electrons. The van der Waals surface area contributed by atoms with Crippen LogP contribution in [0.5, 0.6) is 0 Å². The maximum absolute atomic E-state index is 11.2. The molecule has 0 heterocycles. The second-order valence-corrected chi connectivity index (χ2v) is 6.87. The normalized spacial score (nSPS) is 11.9. The lowest BCUT2D eigenvalue weighted by molar-refractivity contribution is -0.136. The maximum Gasteiger partial charge on any atom is 0.307 e. The zero-order chi connectivity index (χ0) is 17.4. The topological polar surface area (TPSA) is 37.3 Å². The lowest BCUT2D eigenvalue weighted by atomic mass is 9.93. The van der Waals surface area contributed by atoms with E-state index < -0.39 is 5.97 Å². The second-order valence-electron chi connectivity index (χ2n) is 6.44. The maximum atomic E-state index is 11.2. The molecule has 3 aromatic rings. The van der Waals surface area contributed by atoms with E-state index in [1.807, 2.05) is 12.1 Å². The van der Waals surface area contributed by atoms with E-state index in [1.54, 1.807) is 6.07 Å². The van der Waals surface area contributed by atoms with Crippen molar-refractivity contribution in [1.29, 1.82) is 0 Å². The minimum atomic E-state index is -0.839. The number of hydrogen-bond acceptors (Lipinski definition) is 1. The third-order valence-electron chi connectivity index (χ3n) is 4.84. The van der Waals surface area contributed by atoms with Gasteiger partial charge in [-0.25, -0.2) is 0 Å². The van der Waals surface area contributed by atoms with Crippen LogP contribution in [0.25, 0.3) is 11.1 Å². The number of halogens is 1. The molecule has 1 N–H and O–H groups in total. The van der Waals surface area contributed by atoms with Crippen LogP contribution in [-0.4, -0.2) is 11.1 Å². The summed E-state index contributed by atoms with van der Waals surface area (Å²) in [4.78, 5) is 11.2. The Bertz CT molecular complexity index is 976. The van der Waals surface area contributed by atoms with Crippen LogP contribution >= 0.6 is 11.6 Å². The molecule has 0 aliphatic heterocycles. The lowest BCUT2D eigenvalue weighted by Crippen LogP contribution is -2.05. The number of carboxylic acid groups (broad SMARTS) is 1. The summed E-state index contributed by atoms with van der Waals surface area (Å²) in [6, 6.07) is 20.4. The van der Waals surface area contributed by atoms with Gasteiger partial charge in [-0.15, -0.1) is 0 Å². The van der Waals surface area contributed by atoms with Crippen LogP contribution in [0.15, 0.2) is 60.7 Å². The number of hydrogen-bond donors (Lipinski definition) is 1. The molecule has 25 heavy (non-hydrogen) atoms. The van der Waals surface area contributed by atoms with Gasteiger partial charge in [-0.2, -0.15) is 0 Å². The van der Waals surface area contributed by atoms with Gasteiger partial charge >= 0.3 is 5.97 Å². The molecule has 0 amide bonds. The van der Waals surface area contributed by atoms with Crippen molar-refractivity contribution in [2.24, 2.45) is 0 Å². The molecule has 3 heteroatoms. The third-order valence-corrected chi connectivity index (χ3v) is 5.07. The summed E-state index contributed by atoms with van der Waals surface area (Å²) in [6.45, 7) is 0. The van der Waals surface area contributed by atoms with E-state index in [0.29, 0.717) is 5.02 Å². The first kappa shape index (κ1) is 15.9. The Hall–Kier alpha value is -2.58. The van der Waals surface area contributed by atoms with E-state index in [4.69, 9.17) is 11.6 Å². The van der Waals surface area contributed by atoms with E-state index in [0.717, 1.165) is 24.0 Å². The van der Waals surface area contributed by atoms with Gasteiger partial charge in [-0.1, -0.05) is 60.1 Å². The summed E-state index contributed by atoms with van der Waals surface area (Å²) in [5.41, 5.74) is 8.36. The number of carbonyl (C=O) groups is 1. The van der Waals surface area contributed by atoms with Crippen molar-refractivity contribution in [1.82, 2.24) is 0 Å². The zero-order valence-electron chi connectivity index (χ0n) is 13.6. The molecule has 0 bridgehead atoms. The lowest BCUT2D eigenvalue weighted by Gasteiger charge is -2.12. The Labute approximate surface area is 151 Å². The SMILES string of the molecule is O=C(O)Cc1cc(Cl)ccc1Cc1cccc2c1Cc1ccccc1-2. The fourth-order valence-corrected chi connectivity index (χ4v) is 3.88. The highest BCUT2D eigenvalue weighted by molar-refractivity contribution is 6.30. The van der Waals surface area contributed by atoms with Crippen LogP contribution in [0.2, 0.25) is 5.02 Å². The van der Waals surface area contributed by atoms with Gasteiger partial charge in [0.1, 0.15) is 0 Å². The van der Waals surface area contributed by atoms with Crippen molar-refractivity contribution in [3.05, 3.63) is 93.5 Å². The first-order chi connectivity index (χ1) is 12.1. The number of benzene rings is 3. The van der Waals surface area contributed by atoms with Crippen LogP contribution in [-0.2, 0) is 24.1 Å². The standard InChI is InChI=1S/C22H17ClO2/c23-18-9-8-14(17(11-18)13-22(24)25)10-15-5-3-7-20-19-6-2-1-4-16(19)12-21(15)20/h1-9,11H,10,12-13H2,(H,24,25). The minimum Gasteiger partial charge on any atom is -0.481 e. The van der Waals surface area contributed by atoms with Crippen molar-refractivity contribution in [3.8, 4) is 11.1 Å². The Morgan fingerprint density at radius 1 is 0.920 bits per heavy atom. The van der Waals surface area contributed by atoms with E-state index in [-0.39, 0.29) is 6.42 Å². The van der Waals surface area contributed by atoms with Crippen LogP contribution in [0, 0.1) is 0 Å². The van der Waals surface area contributed by atoms with Crippen molar-refractivity contribution >= 4 is 17.6 Å². The molecule has 0 spiro atoms. The van der Waals surface area contributed by atoms with Crippen LogP contribution in [0.1, 0.15) is 27.8 Å². The van der Waals surface area contributed by atoms with Gasteiger partial charge in [0, 0.05) is 5.02 Å². The van der Waals surface area contributed by atoms with E-state index in [1.165, 1.54) is 27.8 Å². The van der Waals surface area contributed by atoms with Gasteiger partial charge in [-0.05, 0) is 63.9 Å². The first-order valence-electron chi connectivity index (χ1n) is 8.30. The molecule has 0 fully saturated rings. The van der Waals surface area contributed by atoms with Gasteiger partial charge in [0.2, 0.25) is 0 Å². The fraction of sp³-hybridized carbons (Fsp3) is 0.136. The molecule has 0 atom stereocenters. The molecule has 0 saturated heterocycles. The second kappa shape index (κ2) is 6.38. The van der Waals surface area contributed by atoms with E-state index in [9.17, 15) is 9.90 Å². The van der Waals surface area contributed by atoms with Gasteiger partial charge in [-0.3, -0.25) is 4.79 Å². The summed E-state index contributed by atoms with van der Waals surface area (Å²) in [5.74, 6) is -0.839. The van der Waals surface area contributed by atoms with Gasteiger partial charge in [0.15, 0.2) is 0 Å². The Balaban J connectivity index is 1.73. The molecule has 4 rings (SSSR count). The molecule has 1 aliphatic carbocycles. The van der Waals surface area contributed by atoms with Crippen molar-refractivity contribution in [2.75, 3.05) is 0 Å². The summed E-state index contributed by atoms with van der Waals surface area (Å²) in [6.07, 6.45) is 1.64. The predicted molar refractivity (Wildman–Crippen MR) is 100 cm³/mol. The molecule has 0 radical (unpaired) electrons. The van der Waals surface area contributed by atoms with Gasteiger partial charge < -0.3 is 5.11 Å². The van der Waals surface area contributed by atoms with Crippen LogP contribution in [0.4, 0.5) is 0 Å². The van der Waals surface area contributed by atoms with Gasteiger partial charge in [0.05, 0.1) is 6.42 Å². The molecule has 0 aromatic heterocycles. The summed E-state index contributed by atoms with van der Waals surface area (Å²) in [5, 5.41) is 9.75. The summed E-state index contributed by atoms with van der Waals surface area (Å²) in [7, 11) is 0. The van der Waals surface area contributed by atoms with E-state index >= 15 is 0 Å². The zero-order valence-corrected chi connectivity index (χ0v) is 14.4. The van der Waals surface area contributed by atoms with Crippen molar-refractivity contribution in [3.63, 3.8) is 0 Å². The Kier molecular flexibility index (Phi) is 4.06. The largest absolute Gasteiger partial charge is 0.481 e. The molecule has 0 saturated carbocycles. The summed E-state index contributed by atoms with van der Waals surface area (Å²) >= 11 is 6.06.